The number of rotatable bonds is 7. The molecule has 32 heavy (non-hydrogen) atoms. The number of amides is 1. The maximum atomic E-state index is 12.6. The van der Waals surface area contributed by atoms with Crippen LogP contribution >= 0.6 is 11.6 Å². The number of hydrogen-bond acceptors (Lipinski definition) is 5. The molecule has 166 valence electrons. The first-order chi connectivity index (χ1) is 15.5. The smallest absolute Gasteiger partial charge is 0.234 e. The van der Waals surface area contributed by atoms with Crippen LogP contribution in [0.15, 0.2) is 65.1 Å². The van der Waals surface area contributed by atoms with Crippen molar-refractivity contribution in [1.82, 2.24) is 10.2 Å². The van der Waals surface area contributed by atoms with Gasteiger partial charge in [-0.15, -0.1) is 0 Å². The van der Waals surface area contributed by atoms with Gasteiger partial charge in [0.25, 0.3) is 0 Å². The molecule has 0 unspecified atom stereocenters. The third-order valence-corrected chi connectivity index (χ3v) is 5.98. The van der Waals surface area contributed by atoms with Crippen LogP contribution in [0.4, 0.5) is 0 Å². The molecule has 1 fully saturated rings. The molecular weight excluding hydrogens is 428 g/mol. The summed E-state index contributed by atoms with van der Waals surface area (Å²) in [4.78, 5) is 27.1. The van der Waals surface area contributed by atoms with Gasteiger partial charge < -0.3 is 14.8 Å². The van der Waals surface area contributed by atoms with E-state index in [1.807, 2.05) is 36.4 Å². The first-order valence-corrected chi connectivity index (χ1v) is 11.0. The molecule has 0 spiro atoms. The van der Waals surface area contributed by atoms with E-state index in [1.54, 1.807) is 12.1 Å². The number of piperidine rings is 1. The second kappa shape index (κ2) is 10.0. The number of ketones is 1. The van der Waals surface area contributed by atoms with Crippen LogP contribution in [0, 0.1) is 5.92 Å². The number of benzene rings is 2. The number of aromatic hydroxyl groups is 1. The number of hydrogen-bond donors (Lipinski definition) is 2. The Morgan fingerprint density at radius 3 is 2.38 bits per heavy atom. The second-order valence-corrected chi connectivity index (χ2v) is 8.45. The van der Waals surface area contributed by atoms with E-state index in [1.165, 1.54) is 12.1 Å². The summed E-state index contributed by atoms with van der Waals surface area (Å²) in [5, 5.41) is 12.9. The Kier molecular flexibility index (Phi) is 6.93. The van der Waals surface area contributed by atoms with Crippen LogP contribution in [0.3, 0.4) is 0 Å². The van der Waals surface area contributed by atoms with Crippen molar-refractivity contribution in [2.45, 2.75) is 19.4 Å². The van der Waals surface area contributed by atoms with Gasteiger partial charge in [-0.05, 0) is 86.6 Å². The number of phenolic OH excluding ortho intramolecular Hbond substituents is 1. The van der Waals surface area contributed by atoms with Crippen molar-refractivity contribution in [3.8, 4) is 17.1 Å². The summed E-state index contributed by atoms with van der Waals surface area (Å²) in [6.07, 6.45) is 1.44. The lowest BCUT2D eigenvalue weighted by Crippen LogP contribution is -2.42. The second-order valence-electron chi connectivity index (χ2n) is 8.01. The summed E-state index contributed by atoms with van der Waals surface area (Å²) in [5.41, 5.74) is 1.55. The number of nitrogens with zero attached hydrogens (tertiary/aromatic N) is 1. The number of phenols is 1. The third kappa shape index (κ3) is 5.58. The lowest BCUT2D eigenvalue weighted by Gasteiger charge is -2.30. The van der Waals surface area contributed by atoms with Gasteiger partial charge in [-0.1, -0.05) is 11.6 Å². The van der Waals surface area contributed by atoms with Gasteiger partial charge in [0, 0.05) is 22.1 Å². The lowest BCUT2D eigenvalue weighted by molar-refractivity contribution is -0.122. The standard InChI is InChI=1S/C25H25ClN2O4/c26-20-5-1-17(2-6-20)23-10-9-22(32-23)15-27-24(30)16-28-13-11-19(12-14-28)25(31)18-3-7-21(29)8-4-18/h1-10,19,29H,11-16H2,(H,27,30). The SMILES string of the molecule is O=C(CN1CCC(C(=O)c2ccc(O)cc2)CC1)NCc1ccc(-c2ccc(Cl)cc2)o1. The minimum Gasteiger partial charge on any atom is -0.508 e. The molecule has 1 amide bonds. The minimum atomic E-state index is -0.0715. The first-order valence-electron chi connectivity index (χ1n) is 10.6. The quantitative estimate of drug-likeness (QED) is 0.515. The zero-order valence-electron chi connectivity index (χ0n) is 17.6. The van der Waals surface area contributed by atoms with Crippen molar-refractivity contribution >= 4 is 23.3 Å². The molecule has 0 radical (unpaired) electrons. The number of carbonyl (C=O) groups excluding carboxylic acids is 2. The van der Waals surface area contributed by atoms with E-state index in [0.717, 1.165) is 24.2 Å². The monoisotopic (exact) mass is 452 g/mol. The summed E-state index contributed by atoms with van der Waals surface area (Å²) in [6.45, 7) is 2.01. The van der Waals surface area contributed by atoms with Crippen molar-refractivity contribution in [2.24, 2.45) is 5.92 Å². The van der Waals surface area contributed by atoms with E-state index in [0.29, 0.717) is 42.5 Å². The van der Waals surface area contributed by atoms with Gasteiger partial charge in [0.15, 0.2) is 5.78 Å². The molecule has 7 heteroatoms. The van der Waals surface area contributed by atoms with Crippen LogP contribution in [0.1, 0.15) is 29.0 Å². The highest BCUT2D eigenvalue weighted by atomic mass is 35.5. The topological polar surface area (TPSA) is 82.8 Å². The molecule has 0 bridgehead atoms. The summed E-state index contributed by atoms with van der Waals surface area (Å²) in [7, 11) is 0. The molecule has 4 rings (SSSR count). The molecule has 0 aliphatic carbocycles. The fourth-order valence-corrected chi connectivity index (χ4v) is 4.03. The highest BCUT2D eigenvalue weighted by Crippen LogP contribution is 2.24. The number of halogens is 1. The number of Topliss-reactive ketones (excluding diaryl/α,β-unsaturated/α-hetero) is 1. The largest absolute Gasteiger partial charge is 0.508 e. The van der Waals surface area contributed by atoms with Gasteiger partial charge in [-0.3, -0.25) is 14.5 Å². The number of furan rings is 1. The van der Waals surface area contributed by atoms with Gasteiger partial charge in [0.05, 0.1) is 13.1 Å². The van der Waals surface area contributed by atoms with Crippen LogP contribution in [0.5, 0.6) is 5.75 Å². The third-order valence-electron chi connectivity index (χ3n) is 5.73. The van der Waals surface area contributed by atoms with Gasteiger partial charge >= 0.3 is 0 Å². The highest BCUT2D eigenvalue weighted by Gasteiger charge is 2.26. The van der Waals surface area contributed by atoms with Crippen LogP contribution in [0.25, 0.3) is 11.3 Å². The van der Waals surface area contributed by atoms with Gasteiger partial charge in [-0.25, -0.2) is 0 Å². The average Bonchev–Trinajstić information content (AvgIpc) is 3.28. The van der Waals surface area contributed by atoms with Crippen LogP contribution in [-0.4, -0.2) is 41.3 Å². The molecule has 1 aliphatic rings. The maximum Gasteiger partial charge on any atom is 0.234 e. The fraction of sp³-hybridized carbons (Fsp3) is 0.280. The van der Waals surface area contributed by atoms with Crippen LogP contribution in [0.2, 0.25) is 5.02 Å². The van der Waals surface area contributed by atoms with Gasteiger partial charge in [0.1, 0.15) is 17.3 Å². The predicted molar refractivity (Wildman–Crippen MR) is 123 cm³/mol. The molecule has 1 saturated heterocycles. The van der Waals surface area contributed by atoms with Gasteiger partial charge in [-0.2, -0.15) is 0 Å². The van der Waals surface area contributed by atoms with Crippen molar-refractivity contribution in [1.29, 1.82) is 0 Å². The maximum absolute atomic E-state index is 12.6. The van der Waals surface area contributed by atoms with E-state index in [9.17, 15) is 14.7 Å². The van der Waals surface area contributed by atoms with E-state index >= 15 is 0 Å². The molecule has 2 heterocycles. The van der Waals surface area contributed by atoms with Crippen molar-refractivity contribution in [3.63, 3.8) is 0 Å². The zero-order valence-corrected chi connectivity index (χ0v) is 18.3. The Bertz CT molecular complexity index is 1070. The van der Waals surface area contributed by atoms with Crippen LogP contribution in [-0.2, 0) is 11.3 Å². The molecule has 2 aromatic carbocycles. The number of carbonyl (C=O) groups is 2. The first kappa shape index (κ1) is 22.1. The molecular formula is C25H25ClN2O4. The number of nitrogens with one attached hydrogen (secondary N) is 1. The normalized spacial score (nSPS) is 14.9. The average molecular weight is 453 g/mol. The molecule has 1 aromatic heterocycles. The van der Waals surface area contributed by atoms with Gasteiger partial charge in [0.2, 0.25) is 5.91 Å². The minimum absolute atomic E-state index is 0.0479. The summed E-state index contributed by atoms with van der Waals surface area (Å²) < 4.78 is 5.82. The van der Waals surface area contributed by atoms with E-state index in [2.05, 4.69) is 10.2 Å². The van der Waals surface area contributed by atoms with Crippen molar-refractivity contribution < 1.29 is 19.1 Å². The summed E-state index contributed by atoms with van der Waals surface area (Å²) in [6, 6.07) is 17.5. The summed E-state index contributed by atoms with van der Waals surface area (Å²) in [5.74, 6) is 1.54. The Labute approximate surface area is 191 Å². The fourth-order valence-electron chi connectivity index (χ4n) is 3.90. The van der Waals surface area contributed by atoms with E-state index in [-0.39, 0.29) is 23.4 Å². The predicted octanol–water partition coefficient (Wildman–Crippen LogP) is 4.52. The molecule has 0 atom stereocenters. The van der Waals surface area contributed by atoms with Crippen molar-refractivity contribution in [3.05, 3.63) is 77.0 Å². The Balaban J connectivity index is 1.21. The Morgan fingerprint density at radius 2 is 1.69 bits per heavy atom. The van der Waals surface area contributed by atoms with Crippen LogP contribution < -0.4 is 5.32 Å². The molecule has 1 aliphatic heterocycles. The summed E-state index contributed by atoms with van der Waals surface area (Å²) >= 11 is 5.92. The Morgan fingerprint density at radius 1 is 1.00 bits per heavy atom. The van der Waals surface area contributed by atoms with E-state index < -0.39 is 0 Å². The zero-order chi connectivity index (χ0) is 22.5. The van der Waals surface area contributed by atoms with Crippen molar-refractivity contribution in [2.75, 3.05) is 19.6 Å². The molecule has 3 aromatic rings. The Hall–Kier alpha value is -3.09. The number of likely N-dealkylation sites (tertiary alicyclic amines) is 1. The molecule has 2 N–H and O–H groups in total. The lowest BCUT2D eigenvalue weighted by atomic mass is 9.89. The highest BCUT2D eigenvalue weighted by molar-refractivity contribution is 6.30. The molecule has 0 saturated carbocycles. The van der Waals surface area contributed by atoms with E-state index in [4.69, 9.17) is 16.0 Å². The molecule has 6 nitrogen and oxygen atoms in total.